The number of halogens is 1. The Morgan fingerprint density at radius 1 is 0.875 bits per heavy atom. The van der Waals surface area contributed by atoms with Gasteiger partial charge in [-0.1, -0.05) is 32.8 Å². The molecular formula is C45H66FN7O10S. The third-order valence-corrected chi connectivity index (χ3v) is 18.2. The zero-order valence-corrected chi connectivity index (χ0v) is 38.2. The summed E-state index contributed by atoms with van der Waals surface area (Å²) in [6, 6.07) is -3.08. The molecule has 4 heterocycles. The topological polar surface area (TPSA) is 213 Å². The lowest BCUT2D eigenvalue weighted by Crippen LogP contribution is -2.60. The molecule has 8 fully saturated rings. The van der Waals surface area contributed by atoms with Crippen molar-refractivity contribution in [3.05, 3.63) is 23.9 Å². The van der Waals surface area contributed by atoms with Crippen molar-refractivity contribution in [2.75, 3.05) is 52.7 Å². The summed E-state index contributed by atoms with van der Waals surface area (Å²) >= 11 is 0. The highest BCUT2D eigenvalue weighted by atomic mass is 32.2. The molecule has 0 radical (unpaired) electrons. The quantitative estimate of drug-likeness (QED) is 0.148. The number of allylic oxidation sites excluding steroid dienone is 1. The third-order valence-electron chi connectivity index (χ3n) is 16.7. The van der Waals surface area contributed by atoms with E-state index in [1.54, 1.807) is 4.90 Å². The first kappa shape index (κ1) is 46.4. The number of amides is 6. The molecule has 0 aromatic rings. The molecule has 0 aromatic heterocycles. The number of hydrogen-bond acceptors (Lipinski definition) is 10. The lowest BCUT2D eigenvalue weighted by atomic mass is 9.73. The minimum absolute atomic E-state index is 0.0449. The molecule has 17 nitrogen and oxygen atoms in total. The fourth-order valence-electron chi connectivity index (χ4n) is 12.6. The van der Waals surface area contributed by atoms with Crippen molar-refractivity contribution in [3.8, 4) is 0 Å². The van der Waals surface area contributed by atoms with E-state index < -0.39 is 94.1 Å². The Bertz CT molecular complexity index is 2040. The van der Waals surface area contributed by atoms with E-state index in [0.29, 0.717) is 84.1 Å². The summed E-state index contributed by atoms with van der Waals surface area (Å²) in [6.45, 7) is 8.74. The minimum Gasteiger partial charge on any atom is -0.447 e. The van der Waals surface area contributed by atoms with Crippen molar-refractivity contribution < 1.29 is 51.0 Å². The van der Waals surface area contributed by atoms with E-state index in [-0.39, 0.29) is 42.0 Å². The molecular weight excluding hydrogens is 850 g/mol. The second kappa shape index (κ2) is 17.9. The molecule has 2 spiro atoms. The van der Waals surface area contributed by atoms with E-state index in [9.17, 15) is 36.8 Å². The van der Waals surface area contributed by atoms with E-state index in [4.69, 9.17) is 9.47 Å². The molecule has 8 aliphatic rings. The van der Waals surface area contributed by atoms with Crippen LogP contribution in [0, 0.1) is 28.1 Å². The van der Waals surface area contributed by atoms with E-state index >= 15 is 4.79 Å². The van der Waals surface area contributed by atoms with E-state index in [0.717, 1.165) is 44.1 Å². The third kappa shape index (κ3) is 8.02. The average molecular weight is 916 g/mol. The van der Waals surface area contributed by atoms with E-state index in [2.05, 4.69) is 41.1 Å². The molecule has 19 heteroatoms. The molecule has 6 unspecified atom stereocenters. The van der Waals surface area contributed by atoms with Gasteiger partial charge in [0, 0.05) is 50.7 Å². The summed E-state index contributed by atoms with van der Waals surface area (Å²) in [5.41, 5.74) is -1.49. The van der Waals surface area contributed by atoms with Crippen LogP contribution in [0.1, 0.15) is 117 Å². The number of likely N-dealkylation sites (tertiary alicyclic amines) is 2. The summed E-state index contributed by atoms with van der Waals surface area (Å²) in [5, 5.41) is 8.86. The van der Waals surface area contributed by atoms with Gasteiger partial charge in [0.15, 0.2) is 0 Å². The number of carbonyl (C=O) groups is 6. The van der Waals surface area contributed by atoms with Crippen LogP contribution in [0.4, 0.5) is 9.18 Å². The molecule has 0 bridgehead atoms. The van der Waals surface area contributed by atoms with Crippen molar-refractivity contribution in [1.29, 1.82) is 0 Å². The van der Waals surface area contributed by atoms with Crippen molar-refractivity contribution in [2.45, 2.75) is 140 Å². The second-order valence-electron chi connectivity index (χ2n) is 20.0. The molecule has 4 saturated heterocycles. The van der Waals surface area contributed by atoms with Crippen LogP contribution in [0.3, 0.4) is 0 Å². The lowest BCUT2D eigenvalue weighted by molar-refractivity contribution is -0.144. The Kier molecular flexibility index (Phi) is 13.0. The summed E-state index contributed by atoms with van der Waals surface area (Å²) in [5.74, 6) is -3.98. The molecule has 4 aliphatic heterocycles. The van der Waals surface area contributed by atoms with Gasteiger partial charge >= 0.3 is 16.3 Å². The van der Waals surface area contributed by atoms with Gasteiger partial charge in [-0.15, -0.1) is 6.58 Å². The highest BCUT2D eigenvalue weighted by molar-refractivity contribution is 7.87. The maximum absolute atomic E-state index is 15.5. The van der Waals surface area contributed by atoms with Crippen LogP contribution in [0.5, 0.6) is 0 Å². The van der Waals surface area contributed by atoms with Gasteiger partial charge in [0.25, 0.3) is 11.8 Å². The van der Waals surface area contributed by atoms with Crippen molar-refractivity contribution in [3.63, 3.8) is 0 Å². The fraction of sp³-hybridized carbons (Fsp3) is 0.778. The number of hydrogen-bond donors (Lipinski definition) is 4. The summed E-state index contributed by atoms with van der Waals surface area (Å²) in [7, 11) is -4.15. The maximum atomic E-state index is 15.5. The number of nitrogens with one attached hydrogen (secondary N) is 4. The minimum atomic E-state index is -4.15. The number of carbonyl (C=O) groups excluding carboxylic acids is 6. The largest absolute Gasteiger partial charge is 0.447 e. The lowest BCUT2D eigenvalue weighted by Gasteiger charge is -2.35. The first-order valence-corrected chi connectivity index (χ1v) is 25.0. The first-order chi connectivity index (χ1) is 30.6. The number of ether oxygens (including phenoxy) is 2. The van der Waals surface area contributed by atoms with Gasteiger partial charge in [0.1, 0.15) is 42.6 Å². The number of rotatable bonds is 14. The Hall–Kier alpha value is -4.10. The highest BCUT2D eigenvalue weighted by Gasteiger charge is 2.85. The standard InChI is InChI=1S/C45H66FN7O10S/c1-4-31-26-45(31,40(58)50-64(60,61)51-20-8-9-21-51)49-37(55)33-27-44(42(2,3)43(44)17-11-18-43)28-53(33)39(57)35(30-15-23-62-24-16-30)48-38(56)34(29-12-6-5-7-13-29)47-36(54)32-14-10-22-52(32)41(59)63-25-19-46/h4,30-33,35H,1,5-28H2,2-3H3,(H,47,54)(H,48,56)(H,49,55)(H,50,58). The summed E-state index contributed by atoms with van der Waals surface area (Å²) < 4.78 is 53.5. The van der Waals surface area contributed by atoms with Gasteiger partial charge in [-0.25, -0.2) is 13.9 Å². The molecule has 6 amide bonds. The maximum Gasteiger partial charge on any atom is 0.410 e. The van der Waals surface area contributed by atoms with Crippen LogP contribution < -0.4 is 20.7 Å². The first-order valence-electron chi connectivity index (χ1n) is 23.5. The van der Waals surface area contributed by atoms with Gasteiger partial charge in [0.05, 0.1) is 0 Å². The van der Waals surface area contributed by atoms with Gasteiger partial charge < -0.3 is 30.3 Å². The van der Waals surface area contributed by atoms with Crippen molar-refractivity contribution >= 4 is 45.8 Å². The van der Waals surface area contributed by atoms with Crippen molar-refractivity contribution in [2.24, 2.45) is 28.1 Å². The van der Waals surface area contributed by atoms with E-state index in [1.165, 1.54) is 15.3 Å². The number of alkyl halides is 1. The van der Waals surface area contributed by atoms with Crippen LogP contribution in [-0.4, -0.2) is 134 Å². The van der Waals surface area contributed by atoms with Crippen LogP contribution in [0.25, 0.3) is 0 Å². The Labute approximate surface area is 375 Å². The fourth-order valence-corrected chi connectivity index (χ4v) is 13.9. The zero-order valence-electron chi connectivity index (χ0n) is 37.4. The Balaban J connectivity index is 1.07. The molecule has 0 aromatic carbocycles. The number of fused-ring (bicyclic) bond motifs is 1. The summed E-state index contributed by atoms with van der Waals surface area (Å²) in [4.78, 5) is 88.6. The predicted molar refractivity (Wildman–Crippen MR) is 230 cm³/mol. The van der Waals surface area contributed by atoms with Gasteiger partial charge in [-0.05, 0) is 112 Å². The zero-order chi connectivity index (χ0) is 45.7. The molecule has 8 rings (SSSR count). The van der Waals surface area contributed by atoms with Crippen LogP contribution in [0.2, 0.25) is 0 Å². The van der Waals surface area contributed by atoms with Crippen LogP contribution in [-0.2, 0) is 43.7 Å². The molecule has 6 atom stereocenters. The monoisotopic (exact) mass is 915 g/mol. The second-order valence-corrected chi connectivity index (χ2v) is 21.6. The molecule has 4 saturated carbocycles. The molecule has 4 aliphatic carbocycles. The Morgan fingerprint density at radius 2 is 1.58 bits per heavy atom. The smallest absolute Gasteiger partial charge is 0.410 e. The van der Waals surface area contributed by atoms with E-state index in [1.807, 2.05) is 0 Å². The van der Waals surface area contributed by atoms with Crippen LogP contribution >= 0.6 is 0 Å². The normalized spacial score (nSPS) is 31.2. The SMILES string of the molecule is C=CC1CC1(NC(=O)C1CC2(CN1C(=O)C(NC(=O)C(NC(=O)C1CCCN1C(=O)OCCF)=C1CCCCC1)C1CCOCC1)C(C)(C)C21CCC1)C(=O)NS(=O)(=O)N1CCCC1. The van der Waals surface area contributed by atoms with Gasteiger partial charge in [-0.3, -0.25) is 28.9 Å². The highest BCUT2D eigenvalue weighted by Crippen LogP contribution is 2.88. The number of nitrogens with zero attached hydrogens (tertiary/aromatic N) is 3. The molecule has 4 N–H and O–H groups in total. The Morgan fingerprint density at radius 3 is 2.19 bits per heavy atom. The van der Waals surface area contributed by atoms with Gasteiger partial charge in [0.2, 0.25) is 17.7 Å². The predicted octanol–water partition coefficient (Wildman–Crippen LogP) is 3.12. The molecule has 354 valence electrons. The van der Waals surface area contributed by atoms with Crippen molar-refractivity contribution in [1.82, 2.24) is 34.8 Å². The summed E-state index contributed by atoms with van der Waals surface area (Å²) in [6.07, 6.45) is 10.9. The average Bonchev–Trinajstić information content (AvgIpc) is 3.68. The van der Waals surface area contributed by atoms with Crippen LogP contribution in [0.15, 0.2) is 23.9 Å². The molecule has 64 heavy (non-hydrogen) atoms. The van der Waals surface area contributed by atoms with Gasteiger partial charge in [-0.2, -0.15) is 12.7 Å².